The first-order valence-electron chi connectivity index (χ1n) is 9.24. The number of aromatic nitrogens is 3. The molecule has 2 aromatic rings. The molecule has 0 bridgehead atoms. The number of aldehydes is 1. The summed E-state index contributed by atoms with van der Waals surface area (Å²) in [6.07, 6.45) is 4.13. The van der Waals surface area contributed by atoms with E-state index in [1.807, 2.05) is 0 Å². The van der Waals surface area contributed by atoms with E-state index in [2.05, 4.69) is 20.9 Å². The SMILES string of the molecule is CNC(=O)C(=O)CCC(NC(=O)c1cncn1C)C(=O)Nc1cccn(CC=O)c1=O. The number of Topliss-reactive ketones (excluding diaryl/α,β-unsaturated/α-hetero) is 1. The molecule has 3 amide bonds. The Morgan fingerprint density at radius 2 is 2.00 bits per heavy atom. The fourth-order valence-corrected chi connectivity index (χ4v) is 2.68. The molecule has 1 unspecified atom stereocenters. The van der Waals surface area contributed by atoms with Crippen molar-refractivity contribution in [2.75, 3.05) is 12.4 Å². The number of pyridine rings is 1. The largest absolute Gasteiger partial charge is 0.353 e. The molecule has 2 rings (SSSR count). The highest BCUT2D eigenvalue weighted by Gasteiger charge is 2.25. The maximum atomic E-state index is 12.8. The van der Waals surface area contributed by atoms with E-state index in [4.69, 9.17) is 0 Å². The molecule has 31 heavy (non-hydrogen) atoms. The topological polar surface area (TPSA) is 161 Å². The second-order valence-corrected chi connectivity index (χ2v) is 6.49. The van der Waals surface area contributed by atoms with Crippen molar-refractivity contribution in [3.8, 4) is 0 Å². The summed E-state index contributed by atoms with van der Waals surface area (Å²) in [6.45, 7) is -0.191. The molecule has 0 saturated carbocycles. The Kier molecular flexibility index (Phi) is 7.94. The van der Waals surface area contributed by atoms with E-state index in [1.54, 1.807) is 7.05 Å². The predicted octanol–water partition coefficient (Wildman–Crippen LogP) is -1.39. The Balaban J connectivity index is 2.22. The van der Waals surface area contributed by atoms with E-state index >= 15 is 0 Å². The number of aryl methyl sites for hydroxylation is 1. The van der Waals surface area contributed by atoms with Crippen LogP contribution in [0.5, 0.6) is 0 Å². The van der Waals surface area contributed by atoms with Crippen molar-refractivity contribution in [1.29, 1.82) is 0 Å². The fraction of sp³-hybridized carbons (Fsp3) is 0.316. The highest BCUT2D eigenvalue weighted by molar-refractivity contribution is 6.36. The molecule has 0 radical (unpaired) electrons. The number of hydrogen-bond donors (Lipinski definition) is 3. The van der Waals surface area contributed by atoms with Gasteiger partial charge < -0.3 is 29.9 Å². The molecule has 12 nitrogen and oxygen atoms in total. The molecule has 1 atom stereocenters. The number of hydrogen-bond acceptors (Lipinski definition) is 7. The van der Waals surface area contributed by atoms with Gasteiger partial charge in [0.15, 0.2) is 0 Å². The van der Waals surface area contributed by atoms with Crippen LogP contribution in [0, 0.1) is 0 Å². The highest BCUT2D eigenvalue weighted by atomic mass is 16.2. The Hall–Kier alpha value is -4.09. The third-order valence-corrected chi connectivity index (χ3v) is 4.36. The van der Waals surface area contributed by atoms with E-state index in [-0.39, 0.29) is 30.8 Å². The smallest absolute Gasteiger partial charge is 0.287 e. The lowest BCUT2D eigenvalue weighted by molar-refractivity contribution is -0.137. The molecule has 0 saturated heterocycles. The van der Waals surface area contributed by atoms with E-state index in [0.29, 0.717) is 6.29 Å². The number of imidazole rings is 1. The Labute approximate surface area is 176 Å². The summed E-state index contributed by atoms with van der Waals surface area (Å²) in [5, 5.41) is 7.09. The minimum atomic E-state index is -1.23. The minimum absolute atomic E-state index is 0.105. The fourth-order valence-electron chi connectivity index (χ4n) is 2.68. The molecule has 0 aliphatic heterocycles. The van der Waals surface area contributed by atoms with Gasteiger partial charge in [-0.2, -0.15) is 0 Å². The van der Waals surface area contributed by atoms with Crippen LogP contribution in [0.1, 0.15) is 23.3 Å². The number of carbonyl (C=O) groups is 5. The Morgan fingerprint density at radius 1 is 1.26 bits per heavy atom. The number of nitrogens with zero attached hydrogens (tertiary/aromatic N) is 3. The van der Waals surface area contributed by atoms with E-state index in [9.17, 15) is 28.8 Å². The van der Waals surface area contributed by atoms with Gasteiger partial charge in [0.05, 0.1) is 19.1 Å². The van der Waals surface area contributed by atoms with Crippen molar-refractivity contribution < 1.29 is 24.0 Å². The number of carbonyl (C=O) groups excluding carboxylic acids is 5. The lowest BCUT2D eigenvalue weighted by Gasteiger charge is -2.18. The van der Waals surface area contributed by atoms with Crippen LogP contribution in [0.4, 0.5) is 5.69 Å². The first kappa shape index (κ1) is 23.2. The van der Waals surface area contributed by atoms with Gasteiger partial charge >= 0.3 is 0 Å². The first-order valence-corrected chi connectivity index (χ1v) is 9.24. The Morgan fingerprint density at radius 3 is 2.61 bits per heavy atom. The van der Waals surface area contributed by atoms with Crippen LogP contribution in [0.3, 0.4) is 0 Å². The quantitative estimate of drug-likeness (QED) is 0.309. The first-order chi connectivity index (χ1) is 14.8. The van der Waals surface area contributed by atoms with E-state index < -0.39 is 35.1 Å². The molecule has 164 valence electrons. The number of anilines is 1. The predicted molar refractivity (Wildman–Crippen MR) is 108 cm³/mol. The molecule has 0 aliphatic carbocycles. The maximum Gasteiger partial charge on any atom is 0.287 e. The molecule has 0 spiro atoms. The minimum Gasteiger partial charge on any atom is -0.353 e. The zero-order valence-electron chi connectivity index (χ0n) is 17.0. The van der Waals surface area contributed by atoms with Crippen molar-refractivity contribution in [3.63, 3.8) is 0 Å². The Bertz CT molecular complexity index is 1060. The van der Waals surface area contributed by atoms with Crippen LogP contribution < -0.4 is 21.5 Å². The average molecular weight is 430 g/mol. The molecular weight excluding hydrogens is 408 g/mol. The molecule has 3 N–H and O–H groups in total. The van der Waals surface area contributed by atoms with E-state index in [0.717, 1.165) is 4.57 Å². The highest BCUT2D eigenvalue weighted by Crippen LogP contribution is 2.07. The number of likely N-dealkylation sites (N-methyl/N-ethyl adjacent to an activating group) is 1. The molecule has 0 aliphatic rings. The van der Waals surface area contributed by atoms with Crippen LogP contribution in [-0.2, 0) is 32.8 Å². The van der Waals surface area contributed by atoms with E-state index in [1.165, 1.54) is 42.5 Å². The summed E-state index contributed by atoms with van der Waals surface area (Å²) >= 11 is 0. The molecular formula is C19H22N6O6. The third-order valence-electron chi connectivity index (χ3n) is 4.36. The van der Waals surface area contributed by atoms with Crippen LogP contribution in [0.15, 0.2) is 35.6 Å². The van der Waals surface area contributed by atoms with Crippen LogP contribution >= 0.6 is 0 Å². The summed E-state index contributed by atoms with van der Waals surface area (Å²) in [7, 11) is 2.89. The van der Waals surface area contributed by atoms with Gasteiger partial charge in [0, 0.05) is 26.7 Å². The van der Waals surface area contributed by atoms with Gasteiger partial charge in [-0.25, -0.2) is 4.98 Å². The molecule has 0 aromatic carbocycles. The maximum absolute atomic E-state index is 12.8. The van der Waals surface area contributed by atoms with Gasteiger partial charge in [-0.15, -0.1) is 0 Å². The van der Waals surface area contributed by atoms with Crippen LogP contribution in [0.25, 0.3) is 0 Å². The van der Waals surface area contributed by atoms with Gasteiger partial charge in [0.2, 0.25) is 11.7 Å². The van der Waals surface area contributed by atoms with Gasteiger partial charge in [0.25, 0.3) is 17.4 Å². The van der Waals surface area contributed by atoms with Crippen molar-refractivity contribution in [2.45, 2.75) is 25.4 Å². The van der Waals surface area contributed by atoms with Crippen molar-refractivity contribution in [2.24, 2.45) is 7.05 Å². The number of nitrogens with one attached hydrogen (secondary N) is 3. The summed E-state index contributed by atoms with van der Waals surface area (Å²) in [5.41, 5.74) is -0.545. The second kappa shape index (κ2) is 10.6. The van der Waals surface area contributed by atoms with Crippen molar-refractivity contribution in [1.82, 2.24) is 24.8 Å². The average Bonchev–Trinajstić information content (AvgIpc) is 3.18. The number of rotatable bonds is 10. The normalized spacial score (nSPS) is 11.3. The number of ketones is 1. The van der Waals surface area contributed by atoms with Crippen LogP contribution in [0.2, 0.25) is 0 Å². The van der Waals surface area contributed by atoms with Crippen molar-refractivity contribution in [3.05, 3.63) is 46.9 Å². The third kappa shape index (κ3) is 5.95. The zero-order chi connectivity index (χ0) is 23.0. The summed E-state index contributed by atoms with van der Waals surface area (Å²) in [5.74, 6) is -2.97. The number of amides is 3. The molecule has 2 heterocycles. The lowest BCUT2D eigenvalue weighted by Crippen LogP contribution is -2.45. The summed E-state index contributed by atoms with van der Waals surface area (Å²) in [4.78, 5) is 75.5. The zero-order valence-corrected chi connectivity index (χ0v) is 17.0. The van der Waals surface area contributed by atoms with Crippen LogP contribution in [-0.4, -0.2) is 57.0 Å². The summed E-state index contributed by atoms with van der Waals surface area (Å²) in [6, 6.07) is 1.59. The summed E-state index contributed by atoms with van der Waals surface area (Å²) < 4.78 is 2.54. The van der Waals surface area contributed by atoms with Gasteiger partial charge in [0.1, 0.15) is 23.7 Å². The standard InChI is InChI=1S/C19H22N6O6/c1-20-18(30)15(27)6-5-12(22-17(29)14-10-21-11-24(14)2)16(28)23-13-4-3-7-25(8-9-26)19(13)31/h3-4,7,9-12H,5-6,8H2,1-2H3,(H,20,30)(H,22,29)(H,23,28). The van der Waals surface area contributed by atoms with Gasteiger partial charge in [-0.3, -0.25) is 24.0 Å². The molecule has 12 heteroatoms. The van der Waals surface area contributed by atoms with Crippen molar-refractivity contribution >= 4 is 35.5 Å². The second-order valence-electron chi connectivity index (χ2n) is 6.49. The van der Waals surface area contributed by atoms with Gasteiger partial charge in [-0.05, 0) is 18.6 Å². The monoisotopic (exact) mass is 430 g/mol. The molecule has 2 aromatic heterocycles. The lowest BCUT2D eigenvalue weighted by atomic mass is 10.1. The molecule has 0 fully saturated rings. The van der Waals surface area contributed by atoms with Gasteiger partial charge in [-0.1, -0.05) is 0 Å².